The number of hydrogen-bond donors (Lipinski definition) is 2. The van der Waals surface area contributed by atoms with Crippen molar-refractivity contribution in [1.29, 1.82) is 0 Å². The monoisotopic (exact) mass is 240 g/mol. The largest absolute Gasteiger partial charge is 0.465 e. The number of fused-ring (bicyclic) bond motifs is 1. The number of hydrogen-bond acceptors (Lipinski definition) is 5. The Morgan fingerprint density at radius 3 is 2.82 bits per heavy atom. The first-order chi connectivity index (χ1) is 8.04. The van der Waals surface area contributed by atoms with Gasteiger partial charge in [0.15, 0.2) is 5.82 Å². The number of anilines is 1. The fourth-order valence-corrected chi connectivity index (χ4v) is 1.74. The van der Waals surface area contributed by atoms with Crippen molar-refractivity contribution in [2.45, 2.75) is 20.0 Å². The Hall–Kier alpha value is -2.25. The standard InChI is InChI=1S/C9H12N4O4/c1-2-17-9(16)13-6-4-12(8(14)15)3-5(6)7(10)11-13/h2-4H2,1H3,(H2,10,11)(H,14,15). The topological polar surface area (TPSA) is 111 Å². The quantitative estimate of drug-likeness (QED) is 0.737. The van der Waals surface area contributed by atoms with Gasteiger partial charge in [0.2, 0.25) is 0 Å². The lowest BCUT2D eigenvalue weighted by Crippen LogP contribution is -2.25. The molecule has 1 amide bonds. The minimum atomic E-state index is -1.06. The van der Waals surface area contributed by atoms with Gasteiger partial charge in [0, 0.05) is 5.56 Å². The van der Waals surface area contributed by atoms with Crippen LogP contribution < -0.4 is 5.73 Å². The highest BCUT2D eigenvalue weighted by Crippen LogP contribution is 2.27. The fourth-order valence-electron chi connectivity index (χ4n) is 1.74. The molecule has 2 rings (SSSR count). The summed E-state index contributed by atoms with van der Waals surface area (Å²) in [6, 6.07) is 0. The van der Waals surface area contributed by atoms with Gasteiger partial charge in [-0.05, 0) is 6.92 Å². The van der Waals surface area contributed by atoms with Crippen LogP contribution in [0, 0.1) is 0 Å². The maximum atomic E-state index is 11.6. The molecule has 2 heterocycles. The Balaban J connectivity index is 2.32. The van der Waals surface area contributed by atoms with Crippen LogP contribution in [0.3, 0.4) is 0 Å². The lowest BCUT2D eigenvalue weighted by molar-refractivity contribution is 0.139. The van der Waals surface area contributed by atoms with Gasteiger partial charge in [-0.3, -0.25) is 4.90 Å². The van der Waals surface area contributed by atoms with Crippen molar-refractivity contribution in [2.75, 3.05) is 12.3 Å². The van der Waals surface area contributed by atoms with Crippen LogP contribution in [0.15, 0.2) is 0 Å². The molecule has 0 bridgehead atoms. The predicted molar refractivity (Wildman–Crippen MR) is 56.3 cm³/mol. The number of nitrogens with zero attached hydrogens (tertiary/aromatic N) is 3. The minimum absolute atomic E-state index is 0.0910. The van der Waals surface area contributed by atoms with Gasteiger partial charge in [-0.15, -0.1) is 5.10 Å². The Kier molecular flexibility index (Phi) is 2.62. The van der Waals surface area contributed by atoms with Crippen LogP contribution in [-0.4, -0.2) is 38.6 Å². The number of rotatable bonds is 1. The molecule has 0 fully saturated rings. The summed E-state index contributed by atoms with van der Waals surface area (Å²) in [6.45, 7) is 2.13. The van der Waals surface area contributed by atoms with E-state index in [0.717, 1.165) is 9.58 Å². The van der Waals surface area contributed by atoms with Crippen LogP contribution in [0.25, 0.3) is 0 Å². The highest BCUT2D eigenvalue weighted by Gasteiger charge is 2.31. The summed E-state index contributed by atoms with van der Waals surface area (Å²) in [7, 11) is 0. The lowest BCUT2D eigenvalue weighted by atomic mass is 10.3. The van der Waals surface area contributed by atoms with Gasteiger partial charge in [-0.25, -0.2) is 9.59 Å². The molecule has 8 heteroatoms. The van der Waals surface area contributed by atoms with Crippen molar-refractivity contribution in [2.24, 2.45) is 0 Å². The molecule has 3 N–H and O–H groups in total. The Morgan fingerprint density at radius 2 is 2.24 bits per heavy atom. The van der Waals surface area contributed by atoms with E-state index in [9.17, 15) is 9.59 Å². The van der Waals surface area contributed by atoms with E-state index in [-0.39, 0.29) is 25.5 Å². The van der Waals surface area contributed by atoms with Crippen molar-refractivity contribution in [3.05, 3.63) is 11.3 Å². The molecular weight excluding hydrogens is 228 g/mol. The molecule has 0 unspecified atom stereocenters. The number of aromatic nitrogens is 2. The first kappa shape index (κ1) is 11.2. The average Bonchev–Trinajstić information content (AvgIpc) is 2.80. The van der Waals surface area contributed by atoms with Gasteiger partial charge in [-0.1, -0.05) is 0 Å². The first-order valence-electron chi connectivity index (χ1n) is 5.05. The summed E-state index contributed by atoms with van der Waals surface area (Å²) in [5, 5.41) is 12.7. The van der Waals surface area contributed by atoms with Gasteiger partial charge < -0.3 is 15.6 Å². The molecule has 0 atom stereocenters. The van der Waals surface area contributed by atoms with Crippen molar-refractivity contribution >= 4 is 18.0 Å². The molecule has 92 valence electrons. The fraction of sp³-hybridized carbons (Fsp3) is 0.444. The van der Waals surface area contributed by atoms with Crippen molar-refractivity contribution in [1.82, 2.24) is 14.7 Å². The Labute approximate surface area is 96.6 Å². The normalized spacial score (nSPS) is 13.6. The number of carbonyl (C=O) groups is 2. The van der Waals surface area contributed by atoms with E-state index in [1.165, 1.54) is 0 Å². The number of nitrogens with two attached hydrogens (primary N) is 1. The van der Waals surface area contributed by atoms with Crippen molar-refractivity contribution in [3.8, 4) is 0 Å². The molecule has 0 aliphatic carbocycles. The van der Waals surface area contributed by atoms with E-state index in [2.05, 4.69) is 5.10 Å². The number of carbonyl (C=O) groups excluding carboxylic acids is 1. The molecule has 1 aromatic heterocycles. The van der Waals surface area contributed by atoms with Gasteiger partial charge in [0.05, 0.1) is 25.4 Å². The highest BCUT2D eigenvalue weighted by atomic mass is 16.6. The summed E-state index contributed by atoms with van der Waals surface area (Å²) in [5.41, 5.74) is 6.67. The average molecular weight is 240 g/mol. The van der Waals surface area contributed by atoms with E-state index < -0.39 is 12.2 Å². The van der Waals surface area contributed by atoms with Crippen LogP contribution in [0.4, 0.5) is 15.4 Å². The zero-order valence-corrected chi connectivity index (χ0v) is 9.21. The zero-order chi connectivity index (χ0) is 12.6. The molecule has 8 nitrogen and oxygen atoms in total. The van der Waals surface area contributed by atoms with Gasteiger partial charge in [-0.2, -0.15) is 4.68 Å². The van der Waals surface area contributed by atoms with Crippen molar-refractivity contribution < 1.29 is 19.4 Å². The molecule has 0 saturated carbocycles. The summed E-state index contributed by atoms with van der Waals surface area (Å²) >= 11 is 0. The maximum Gasteiger partial charge on any atom is 0.435 e. The van der Waals surface area contributed by atoms with E-state index in [1.54, 1.807) is 6.92 Å². The second-order valence-corrected chi connectivity index (χ2v) is 3.56. The minimum Gasteiger partial charge on any atom is -0.465 e. The van der Waals surface area contributed by atoms with E-state index in [4.69, 9.17) is 15.6 Å². The molecule has 1 aliphatic rings. The molecule has 0 radical (unpaired) electrons. The third-order valence-corrected chi connectivity index (χ3v) is 2.52. The SMILES string of the molecule is CCOC(=O)n1nc(N)c2c1CN(C(=O)O)C2. The highest BCUT2D eigenvalue weighted by molar-refractivity contribution is 5.74. The molecule has 0 aromatic carbocycles. The van der Waals surface area contributed by atoms with Crippen LogP contribution >= 0.6 is 0 Å². The van der Waals surface area contributed by atoms with Crippen LogP contribution in [-0.2, 0) is 17.8 Å². The lowest BCUT2D eigenvalue weighted by Gasteiger charge is -2.10. The second kappa shape index (κ2) is 3.96. The smallest absolute Gasteiger partial charge is 0.435 e. The first-order valence-corrected chi connectivity index (χ1v) is 5.05. The third kappa shape index (κ3) is 1.77. The van der Waals surface area contributed by atoms with Gasteiger partial charge >= 0.3 is 12.2 Å². The van der Waals surface area contributed by atoms with E-state index in [0.29, 0.717) is 11.3 Å². The molecule has 0 saturated heterocycles. The molecule has 0 spiro atoms. The van der Waals surface area contributed by atoms with Gasteiger partial charge in [0.1, 0.15) is 0 Å². The number of amides is 1. The van der Waals surface area contributed by atoms with Crippen LogP contribution in [0.2, 0.25) is 0 Å². The van der Waals surface area contributed by atoms with E-state index >= 15 is 0 Å². The van der Waals surface area contributed by atoms with Gasteiger partial charge in [0.25, 0.3) is 0 Å². The molecular formula is C9H12N4O4. The summed E-state index contributed by atoms with van der Waals surface area (Å²) in [5.74, 6) is 0.164. The third-order valence-electron chi connectivity index (χ3n) is 2.52. The predicted octanol–water partition coefficient (Wildman–Crippen LogP) is 0.464. The summed E-state index contributed by atoms with van der Waals surface area (Å²) in [6.07, 6.45) is -1.70. The number of carboxylic acid groups (broad SMARTS) is 1. The Morgan fingerprint density at radius 1 is 1.53 bits per heavy atom. The van der Waals surface area contributed by atoms with Crippen LogP contribution in [0.1, 0.15) is 18.2 Å². The molecule has 1 aliphatic heterocycles. The maximum absolute atomic E-state index is 11.6. The zero-order valence-electron chi connectivity index (χ0n) is 9.21. The number of ether oxygens (including phenoxy) is 1. The van der Waals surface area contributed by atoms with E-state index in [1.807, 2.05) is 0 Å². The second-order valence-electron chi connectivity index (χ2n) is 3.56. The molecule has 17 heavy (non-hydrogen) atoms. The summed E-state index contributed by atoms with van der Waals surface area (Å²) in [4.78, 5) is 23.5. The van der Waals surface area contributed by atoms with Crippen molar-refractivity contribution in [3.63, 3.8) is 0 Å². The van der Waals surface area contributed by atoms with Crippen LogP contribution in [0.5, 0.6) is 0 Å². The molecule has 1 aromatic rings. The summed E-state index contributed by atoms with van der Waals surface area (Å²) < 4.78 is 5.83. The number of nitrogen functional groups attached to an aromatic ring is 1. The Bertz CT molecular complexity index is 482.